The molecule has 0 saturated carbocycles. The van der Waals surface area contributed by atoms with Crippen LogP contribution in [0.15, 0.2) is 39.2 Å². The molecule has 0 fully saturated rings. The van der Waals surface area contributed by atoms with E-state index in [1.54, 1.807) is 25.3 Å². The molecule has 0 aliphatic heterocycles. The van der Waals surface area contributed by atoms with Crippen molar-refractivity contribution in [2.45, 2.75) is 17.0 Å². The lowest BCUT2D eigenvalue weighted by Crippen LogP contribution is -2.12. The zero-order chi connectivity index (χ0) is 13.1. The third kappa shape index (κ3) is 2.95. The van der Waals surface area contributed by atoms with Crippen molar-refractivity contribution in [3.05, 3.63) is 46.1 Å². The highest BCUT2D eigenvalue weighted by Crippen LogP contribution is 2.23. The van der Waals surface area contributed by atoms with E-state index >= 15 is 0 Å². The zero-order valence-electron chi connectivity index (χ0n) is 9.60. The first-order chi connectivity index (χ1) is 8.54. The molecule has 18 heavy (non-hydrogen) atoms. The quantitative estimate of drug-likeness (QED) is 0.432. The molecule has 2 aromatic rings. The zero-order valence-corrected chi connectivity index (χ0v) is 10.4. The molecular formula is C11H11N5OS. The topological polar surface area (TPSA) is 109 Å². The van der Waals surface area contributed by atoms with E-state index in [1.165, 1.54) is 17.8 Å². The van der Waals surface area contributed by atoms with Crippen LogP contribution in [0.4, 0.5) is 0 Å². The van der Waals surface area contributed by atoms with Gasteiger partial charge in [0.1, 0.15) is 11.5 Å². The average molecular weight is 261 g/mol. The fourth-order valence-electron chi connectivity index (χ4n) is 1.33. The number of nitrogens with zero attached hydrogens (tertiary/aromatic N) is 2. The molecular weight excluding hydrogens is 250 g/mol. The lowest BCUT2D eigenvalue weighted by Gasteiger charge is -2.03. The molecule has 0 aliphatic rings. The molecule has 4 N–H and O–H groups in total. The molecule has 7 heteroatoms. The number of pyridine rings is 1. The lowest BCUT2D eigenvalue weighted by molar-refractivity contribution is 0.905. The molecule has 0 aromatic carbocycles. The highest BCUT2D eigenvalue weighted by atomic mass is 32.2. The summed E-state index contributed by atoms with van der Waals surface area (Å²) >= 11 is 1.29. The SMILES string of the molecule is Cc1cc(=O)[nH]c(Sc2ccnc(C(=N)N)c2)n1. The lowest BCUT2D eigenvalue weighted by atomic mass is 10.3. The van der Waals surface area contributed by atoms with Crippen LogP contribution in [0.25, 0.3) is 0 Å². The van der Waals surface area contributed by atoms with Gasteiger partial charge in [-0.2, -0.15) is 0 Å². The van der Waals surface area contributed by atoms with Gasteiger partial charge in [0.05, 0.1) is 0 Å². The standard InChI is InChI=1S/C11H11N5OS/c1-6-4-9(17)16-11(15-6)18-7-2-3-14-8(5-7)10(12)13/h2-5H,1H3,(H3,12,13)(H,15,16,17). The minimum atomic E-state index is -0.189. The fourth-order valence-corrected chi connectivity index (χ4v) is 2.20. The molecule has 0 aliphatic carbocycles. The van der Waals surface area contributed by atoms with Crippen molar-refractivity contribution in [1.82, 2.24) is 15.0 Å². The van der Waals surface area contributed by atoms with Gasteiger partial charge in [0.15, 0.2) is 5.16 Å². The van der Waals surface area contributed by atoms with Gasteiger partial charge < -0.3 is 10.7 Å². The van der Waals surface area contributed by atoms with Crippen molar-refractivity contribution < 1.29 is 0 Å². The maximum Gasteiger partial charge on any atom is 0.251 e. The monoisotopic (exact) mass is 261 g/mol. The molecule has 0 atom stereocenters. The number of H-pyrrole nitrogens is 1. The van der Waals surface area contributed by atoms with Crippen molar-refractivity contribution in [3.8, 4) is 0 Å². The van der Waals surface area contributed by atoms with Gasteiger partial charge in [-0.3, -0.25) is 15.2 Å². The number of nitrogens with two attached hydrogens (primary N) is 1. The molecule has 0 unspecified atom stereocenters. The van der Waals surface area contributed by atoms with Crippen LogP contribution in [-0.4, -0.2) is 20.8 Å². The van der Waals surface area contributed by atoms with E-state index in [0.29, 0.717) is 16.5 Å². The highest BCUT2D eigenvalue weighted by molar-refractivity contribution is 7.99. The predicted octanol–water partition coefficient (Wildman–Crippen LogP) is 0.909. The van der Waals surface area contributed by atoms with Crippen LogP contribution in [0.1, 0.15) is 11.4 Å². The maximum absolute atomic E-state index is 11.3. The Bertz CT molecular complexity index is 652. The smallest absolute Gasteiger partial charge is 0.251 e. The van der Waals surface area contributed by atoms with Crippen LogP contribution in [0.2, 0.25) is 0 Å². The van der Waals surface area contributed by atoms with Crippen LogP contribution in [0, 0.1) is 12.3 Å². The molecule has 2 rings (SSSR count). The van der Waals surface area contributed by atoms with Crippen LogP contribution < -0.4 is 11.3 Å². The summed E-state index contributed by atoms with van der Waals surface area (Å²) in [5, 5.41) is 7.81. The minimum Gasteiger partial charge on any atom is -0.382 e. The Balaban J connectivity index is 2.31. The Labute approximate surface area is 107 Å². The normalized spacial score (nSPS) is 10.3. The summed E-state index contributed by atoms with van der Waals surface area (Å²) in [5.41, 5.74) is 6.23. The third-order valence-corrected chi connectivity index (χ3v) is 2.95. The van der Waals surface area contributed by atoms with E-state index in [1.807, 2.05) is 0 Å². The molecule has 2 heterocycles. The van der Waals surface area contributed by atoms with Crippen molar-refractivity contribution >= 4 is 17.6 Å². The summed E-state index contributed by atoms with van der Waals surface area (Å²) in [4.78, 5) is 22.9. The van der Waals surface area contributed by atoms with E-state index in [9.17, 15) is 4.79 Å². The summed E-state index contributed by atoms with van der Waals surface area (Å²) in [5.74, 6) is -0.0943. The first kappa shape index (κ1) is 12.3. The first-order valence-electron chi connectivity index (χ1n) is 5.11. The Morgan fingerprint density at radius 2 is 2.28 bits per heavy atom. The number of aromatic nitrogens is 3. The predicted molar refractivity (Wildman–Crippen MR) is 69.0 cm³/mol. The summed E-state index contributed by atoms with van der Waals surface area (Å²) in [6, 6.07) is 4.87. The maximum atomic E-state index is 11.3. The number of hydrogen-bond donors (Lipinski definition) is 3. The van der Waals surface area contributed by atoms with Gasteiger partial charge in [-0.15, -0.1) is 0 Å². The summed E-state index contributed by atoms with van der Waals surface area (Å²) in [7, 11) is 0. The Morgan fingerprint density at radius 1 is 1.50 bits per heavy atom. The summed E-state index contributed by atoms with van der Waals surface area (Å²) < 4.78 is 0. The van der Waals surface area contributed by atoms with Gasteiger partial charge in [0.2, 0.25) is 0 Å². The minimum absolute atomic E-state index is 0.0943. The number of hydrogen-bond acceptors (Lipinski definition) is 5. The van der Waals surface area contributed by atoms with Crippen molar-refractivity contribution in [2.75, 3.05) is 0 Å². The molecule has 0 saturated heterocycles. The van der Waals surface area contributed by atoms with Gasteiger partial charge in [0, 0.05) is 22.9 Å². The highest BCUT2D eigenvalue weighted by Gasteiger charge is 2.04. The third-order valence-electron chi connectivity index (χ3n) is 2.07. The molecule has 92 valence electrons. The number of aryl methyl sites for hydroxylation is 1. The van der Waals surface area contributed by atoms with E-state index in [-0.39, 0.29) is 11.4 Å². The second-order valence-electron chi connectivity index (χ2n) is 3.58. The van der Waals surface area contributed by atoms with Crippen LogP contribution in [0.5, 0.6) is 0 Å². The molecule has 0 radical (unpaired) electrons. The van der Waals surface area contributed by atoms with E-state index in [4.69, 9.17) is 11.1 Å². The average Bonchev–Trinajstić information content (AvgIpc) is 2.27. The van der Waals surface area contributed by atoms with E-state index in [2.05, 4.69) is 15.0 Å². The largest absolute Gasteiger partial charge is 0.382 e. The Morgan fingerprint density at radius 3 is 2.94 bits per heavy atom. The molecule has 0 amide bonds. The van der Waals surface area contributed by atoms with Crippen molar-refractivity contribution in [2.24, 2.45) is 5.73 Å². The van der Waals surface area contributed by atoms with Gasteiger partial charge in [-0.05, 0) is 19.1 Å². The summed E-state index contributed by atoms with van der Waals surface area (Å²) in [6.45, 7) is 1.76. The Hall–Kier alpha value is -2.15. The first-order valence-corrected chi connectivity index (χ1v) is 5.92. The fraction of sp³-hybridized carbons (Fsp3) is 0.0909. The van der Waals surface area contributed by atoms with E-state index in [0.717, 1.165) is 4.90 Å². The van der Waals surface area contributed by atoms with E-state index < -0.39 is 0 Å². The Kier molecular flexibility index (Phi) is 3.42. The van der Waals surface area contributed by atoms with Gasteiger partial charge >= 0.3 is 0 Å². The van der Waals surface area contributed by atoms with Gasteiger partial charge in [-0.25, -0.2) is 4.98 Å². The number of nitrogens with one attached hydrogen (secondary N) is 2. The second-order valence-corrected chi connectivity index (χ2v) is 4.65. The number of amidine groups is 1. The van der Waals surface area contributed by atoms with Gasteiger partial charge in [-0.1, -0.05) is 11.8 Å². The molecule has 0 bridgehead atoms. The van der Waals surface area contributed by atoms with Gasteiger partial charge in [0.25, 0.3) is 5.56 Å². The number of rotatable bonds is 3. The van der Waals surface area contributed by atoms with Crippen LogP contribution in [-0.2, 0) is 0 Å². The van der Waals surface area contributed by atoms with Crippen LogP contribution in [0.3, 0.4) is 0 Å². The molecule has 0 spiro atoms. The molecule has 2 aromatic heterocycles. The van der Waals surface area contributed by atoms with Crippen LogP contribution >= 0.6 is 11.8 Å². The second kappa shape index (κ2) is 5.01. The number of nitrogen functional groups attached to an aromatic ring is 1. The van der Waals surface area contributed by atoms with Crippen molar-refractivity contribution in [3.63, 3.8) is 0 Å². The summed E-state index contributed by atoms with van der Waals surface area (Å²) in [6.07, 6.45) is 1.56. The van der Waals surface area contributed by atoms with Crippen molar-refractivity contribution in [1.29, 1.82) is 5.41 Å². The number of aromatic amines is 1. The molecule has 6 nitrogen and oxygen atoms in total.